The van der Waals surface area contributed by atoms with Gasteiger partial charge in [0.15, 0.2) is 24.3 Å². The monoisotopic (exact) mass is 214 g/mol. The molecule has 0 bridgehead atoms. The Labute approximate surface area is 90.0 Å². The molecule has 0 radical (unpaired) electrons. The van der Waals surface area contributed by atoms with Crippen LogP contribution in [0.4, 0.5) is 0 Å². The third kappa shape index (κ3) is 1.46. The van der Waals surface area contributed by atoms with E-state index in [1.165, 1.54) is 12.8 Å². The average molecular weight is 214 g/mol. The van der Waals surface area contributed by atoms with Crippen LogP contribution in [0.3, 0.4) is 0 Å². The Kier molecular flexibility index (Phi) is 1.96. The molecule has 0 aliphatic rings. The standard InChI is InChI=1S/C10H6N4O2/c1-7(9-3-12-5-15-9)14-8(2-11-1)10-4-13-6-16-10/h1-6H. The van der Waals surface area contributed by atoms with Gasteiger partial charge in [0.1, 0.15) is 11.4 Å². The fourth-order valence-electron chi connectivity index (χ4n) is 1.29. The molecule has 0 aromatic carbocycles. The Hall–Kier alpha value is -2.50. The molecule has 6 nitrogen and oxygen atoms in total. The van der Waals surface area contributed by atoms with Crippen LogP contribution < -0.4 is 0 Å². The minimum Gasteiger partial charge on any atom is -0.442 e. The molecule has 3 aromatic heterocycles. The van der Waals surface area contributed by atoms with Crippen LogP contribution in [-0.4, -0.2) is 19.9 Å². The second-order valence-corrected chi connectivity index (χ2v) is 3.02. The SMILES string of the molecule is c1ncc(-c2cncc(-c3cnco3)n2)o1. The van der Waals surface area contributed by atoms with Crippen LogP contribution >= 0.6 is 0 Å². The van der Waals surface area contributed by atoms with E-state index in [0.29, 0.717) is 22.9 Å². The predicted molar refractivity (Wildman–Crippen MR) is 53.0 cm³/mol. The molecule has 78 valence electrons. The van der Waals surface area contributed by atoms with Crippen molar-refractivity contribution in [2.24, 2.45) is 0 Å². The van der Waals surface area contributed by atoms with Gasteiger partial charge < -0.3 is 8.83 Å². The molecule has 0 aliphatic carbocycles. The van der Waals surface area contributed by atoms with E-state index in [1.54, 1.807) is 24.8 Å². The van der Waals surface area contributed by atoms with Gasteiger partial charge >= 0.3 is 0 Å². The van der Waals surface area contributed by atoms with Crippen LogP contribution in [0.5, 0.6) is 0 Å². The lowest BCUT2D eigenvalue weighted by Crippen LogP contribution is -1.87. The van der Waals surface area contributed by atoms with E-state index in [9.17, 15) is 0 Å². The Morgan fingerprint density at radius 1 is 0.688 bits per heavy atom. The number of nitrogens with zero attached hydrogens (tertiary/aromatic N) is 4. The summed E-state index contributed by atoms with van der Waals surface area (Å²) in [6.45, 7) is 0. The zero-order valence-electron chi connectivity index (χ0n) is 8.07. The minimum atomic E-state index is 0.564. The average Bonchev–Trinajstić information content (AvgIpc) is 3.03. The highest BCUT2D eigenvalue weighted by Crippen LogP contribution is 2.20. The smallest absolute Gasteiger partial charge is 0.181 e. The van der Waals surface area contributed by atoms with Gasteiger partial charge in [-0.05, 0) is 0 Å². The van der Waals surface area contributed by atoms with Gasteiger partial charge in [-0.2, -0.15) is 0 Å². The largest absolute Gasteiger partial charge is 0.442 e. The molecule has 0 amide bonds. The van der Waals surface area contributed by atoms with Crippen molar-refractivity contribution < 1.29 is 8.83 Å². The molecule has 3 aromatic rings. The van der Waals surface area contributed by atoms with Gasteiger partial charge in [-0.3, -0.25) is 4.98 Å². The molecule has 16 heavy (non-hydrogen) atoms. The van der Waals surface area contributed by atoms with Crippen LogP contribution in [0, 0.1) is 0 Å². The van der Waals surface area contributed by atoms with Crippen molar-refractivity contribution in [1.82, 2.24) is 19.9 Å². The van der Waals surface area contributed by atoms with Gasteiger partial charge in [0, 0.05) is 0 Å². The molecular weight excluding hydrogens is 208 g/mol. The maximum absolute atomic E-state index is 5.13. The van der Waals surface area contributed by atoms with Crippen molar-refractivity contribution in [2.75, 3.05) is 0 Å². The van der Waals surface area contributed by atoms with Crippen LogP contribution in [-0.2, 0) is 0 Å². The van der Waals surface area contributed by atoms with E-state index >= 15 is 0 Å². The van der Waals surface area contributed by atoms with Gasteiger partial charge in [-0.15, -0.1) is 0 Å². The second kappa shape index (κ2) is 3.58. The molecule has 0 N–H and O–H groups in total. The highest BCUT2D eigenvalue weighted by Gasteiger charge is 2.08. The van der Waals surface area contributed by atoms with Crippen molar-refractivity contribution >= 4 is 0 Å². The number of hydrogen-bond acceptors (Lipinski definition) is 6. The minimum absolute atomic E-state index is 0.564. The Bertz CT molecular complexity index is 525. The van der Waals surface area contributed by atoms with Crippen molar-refractivity contribution in [3.63, 3.8) is 0 Å². The van der Waals surface area contributed by atoms with Crippen LogP contribution in [0.2, 0.25) is 0 Å². The maximum atomic E-state index is 5.13. The van der Waals surface area contributed by atoms with Gasteiger partial charge in [-0.25, -0.2) is 15.0 Å². The lowest BCUT2D eigenvalue weighted by atomic mass is 10.3. The number of aromatic nitrogens is 4. The molecule has 0 saturated heterocycles. The third-order valence-corrected chi connectivity index (χ3v) is 2.00. The molecule has 3 heterocycles. The van der Waals surface area contributed by atoms with E-state index in [1.807, 2.05) is 0 Å². The summed E-state index contributed by atoms with van der Waals surface area (Å²) in [6, 6.07) is 0. The molecule has 0 aliphatic heterocycles. The summed E-state index contributed by atoms with van der Waals surface area (Å²) in [7, 11) is 0. The molecule has 0 spiro atoms. The van der Waals surface area contributed by atoms with Gasteiger partial charge in [0.2, 0.25) is 0 Å². The lowest BCUT2D eigenvalue weighted by Gasteiger charge is -1.97. The van der Waals surface area contributed by atoms with Gasteiger partial charge in [0.25, 0.3) is 0 Å². The Morgan fingerprint density at radius 3 is 1.69 bits per heavy atom. The molecule has 0 atom stereocenters. The number of rotatable bonds is 2. The van der Waals surface area contributed by atoms with Crippen LogP contribution in [0.25, 0.3) is 22.9 Å². The Morgan fingerprint density at radius 2 is 1.25 bits per heavy atom. The first-order valence-electron chi connectivity index (χ1n) is 4.53. The fraction of sp³-hybridized carbons (Fsp3) is 0. The first-order chi connectivity index (χ1) is 7.93. The summed E-state index contributed by atoms with van der Waals surface area (Å²) in [5.41, 5.74) is 1.21. The number of hydrogen-bond donors (Lipinski definition) is 0. The molecule has 3 rings (SSSR count). The van der Waals surface area contributed by atoms with Crippen LogP contribution in [0.15, 0.2) is 46.4 Å². The highest BCUT2D eigenvalue weighted by atomic mass is 16.3. The second-order valence-electron chi connectivity index (χ2n) is 3.02. The normalized spacial score (nSPS) is 10.5. The summed E-state index contributed by atoms with van der Waals surface area (Å²) >= 11 is 0. The predicted octanol–water partition coefficient (Wildman–Crippen LogP) is 1.79. The highest BCUT2D eigenvalue weighted by molar-refractivity contribution is 5.56. The first kappa shape index (κ1) is 8.78. The third-order valence-electron chi connectivity index (χ3n) is 2.00. The van der Waals surface area contributed by atoms with E-state index in [-0.39, 0.29) is 0 Å². The van der Waals surface area contributed by atoms with Gasteiger partial charge in [-0.1, -0.05) is 0 Å². The van der Waals surface area contributed by atoms with Crippen LogP contribution in [0.1, 0.15) is 0 Å². The molecule has 0 saturated carbocycles. The summed E-state index contributed by atoms with van der Waals surface area (Å²) in [5, 5.41) is 0. The first-order valence-corrected chi connectivity index (χ1v) is 4.53. The summed E-state index contributed by atoms with van der Waals surface area (Å²) in [5.74, 6) is 1.13. The van der Waals surface area contributed by atoms with E-state index in [4.69, 9.17) is 8.83 Å². The summed E-state index contributed by atoms with van der Waals surface area (Å²) < 4.78 is 10.3. The summed E-state index contributed by atoms with van der Waals surface area (Å²) in [6.07, 6.45) is 9.04. The zero-order chi connectivity index (χ0) is 10.8. The molecular formula is C10H6N4O2. The quantitative estimate of drug-likeness (QED) is 0.647. The zero-order valence-corrected chi connectivity index (χ0v) is 8.07. The fourth-order valence-corrected chi connectivity index (χ4v) is 1.29. The van der Waals surface area contributed by atoms with Crippen molar-refractivity contribution in [2.45, 2.75) is 0 Å². The number of oxazole rings is 2. The maximum Gasteiger partial charge on any atom is 0.181 e. The van der Waals surface area contributed by atoms with Crippen molar-refractivity contribution in [3.8, 4) is 22.9 Å². The molecule has 0 fully saturated rings. The topological polar surface area (TPSA) is 77.8 Å². The molecule has 6 heteroatoms. The summed E-state index contributed by atoms with van der Waals surface area (Å²) in [4.78, 5) is 16.0. The van der Waals surface area contributed by atoms with E-state index < -0.39 is 0 Å². The molecule has 0 unspecified atom stereocenters. The Balaban J connectivity index is 2.07. The van der Waals surface area contributed by atoms with Crippen molar-refractivity contribution in [3.05, 3.63) is 37.6 Å². The van der Waals surface area contributed by atoms with Crippen molar-refractivity contribution in [1.29, 1.82) is 0 Å². The van der Waals surface area contributed by atoms with Gasteiger partial charge in [0.05, 0.1) is 24.8 Å². The van der Waals surface area contributed by atoms with E-state index in [0.717, 1.165) is 0 Å². The van der Waals surface area contributed by atoms with E-state index in [2.05, 4.69) is 19.9 Å². The lowest BCUT2D eigenvalue weighted by molar-refractivity contribution is 0.565.